The van der Waals surface area contributed by atoms with Crippen LogP contribution in [0.4, 0.5) is 5.13 Å². The Morgan fingerprint density at radius 2 is 1.87 bits per heavy atom. The van der Waals surface area contributed by atoms with Crippen LogP contribution in [0.25, 0.3) is 11.3 Å². The van der Waals surface area contributed by atoms with E-state index in [0.717, 1.165) is 18.4 Å². The molecule has 0 unspecified atom stereocenters. The standard InChI is InChI=1S/C21H20ClN3O4S2/c1-29-18-9-6-15(12-19(18)31(27,28)25-10-2-3-11-25)20(26)24-21-23-17(13-30-21)14-4-7-16(22)8-5-14/h4-9,12-13H,2-3,10-11H2,1H3,(H,23,24,26). The van der Waals surface area contributed by atoms with Crippen LogP contribution in [0.15, 0.2) is 52.7 Å². The molecule has 1 aromatic heterocycles. The molecule has 0 atom stereocenters. The van der Waals surface area contributed by atoms with Crippen molar-refractivity contribution in [3.8, 4) is 17.0 Å². The Morgan fingerprint density at radius 1 is 1.16 bits per heavy atom. The number of sulfonamides is 1. The van der Waals surface area contributed by atoms with Gasteiger partial charge in [0.1, 0.15) is 10.6 Å². The van der Waals surface area contributed by atoms with E-state index in [0.29, 0.717) is 28.9 Å². The van der Waals surface area contributed by atoms with Gasteiger partial charge in [0.15, 0.2) is 5.13 Å². The summed E-state index contributed by atoms with van der Waals surface area (Å²) in [4.78, 5) is 17.2. The number of methoxy groups -OCH3 is 1. The third-order valence-corrected chi connectivity index (χ3v) is 7.90. The molecule has 0 bridgehead atoms. The molecule has 1 N–H and O–H groups in total. The van der Waals surface area contributed by atoms with Gasteiger partial charge in [0, 0.05) is 34.6 Å². The number of benzene rings is 2. The van der Waals surface area contributed by atoms with Gasteiger partial charge in [-0.2, -0.15) is 4.31 Å². The van der Waals surface area contributed by atoms with Crippen molar-refractivity contribution >= 4 is 44.0 Å². The molecule has 7 nitrogen and oxygen atoms in total. The Balaban J connectivity index is 1.57. The summed E-state index contributed by atoms with van der Waals surface area (Å²) in [6.45, 7) is 0.934. The van der Waals surface area contributed by atoms with Gasteiger partial charge < -0.3 is 4.74 Å². The van der Waals surface area contributed by atoms with E-state index in [1.54, 1.807) is 12.1 Å². The summed E-state index contributed by atoms with van der Waals surface area (Å²) in [5.41, 5.74) is 1.80. The molecule has 3 aromatic rings. The van der Waals surface area contributed by atoms with Crippen molar-refractivity contribution in [2.45, 2.75) is 17.7 Å². The zero-order valence-electron chi connectivity index (χ0n) is 16.7. The zero-order chi connectivity index (χ0) is 22.0. The quantitative estimate of drug-likeness (QED) is 0.564. The third-order valence-electron chi connectivity index (χ3n) is 4.97. The van der Waals surface area contributed by atoms with Crippen LogP contribution < -0.4 is 10.1 Å². The highest BCUT2D eigenvalue weighted by atomic mass is 35.5. The Morgan fingerprint density at radius 3 is 2.55 bits per heavy atom. The molecule has 4 rings (SSSR count). The van der Waals surface area contributed by atoms with Gasteiger partial charge in [-0.1, -0.05) is 23.7 Å². The van der Waals surface area contributed by atoms with Gasteiger partial charge in [-0.05, 0) is 43.2 Å². The monoisotopic (exact) mass is 477 g/mol. The predicted octanol–water partition coefficient (Wildman–Crippen LogP) is 4.51. The van der Waals surface area contributed by atoms with E-state index < -0.39 is 15.9 Å². The number of halogens is 1. The van der Waals surface area contributed by atoms with E-state index in [1.807, 2.05) is 17.5 Å². The first-order chi connectivity index (χ1) is 14.9. The highest BCUT2D eigenvalue weighted by Crippen LogP contribution is 2.31. The molecule has 31 heavy (non-hydrogen) atoms. The first-order valence-corrected chi connectivity index (χ1v) is 12.3. The summed E-state index contributed by atoms with van der Waals surface area (Å²) in [5.74, 6) is -0.236. The maximum atomic E-state index is 13.0. The number of carbonyl (C=O) groups excluding carboxylic acids is 1. The van der Waals surface area contributed by atoms with Crippen LogP contribution in [0.2, 0.25) is 5.02 Å². The Hall–Kier alpha value is -2.46. The molecule has 162 valence electrons. The van der Waals surface area contributed by atoms with E-state index in [-0.39, 0.29) is 16.2 Å². The van der Waals surface area contributed by atoms with E-state index in [9.17, 15) is 13.2 Å². The minimum atomic E-state index is -3.74. The number of thiazole rings is 1. The summed E-state index contributed by atoms with van der Waals surface area (Å²) in [5, 5.41) is 5.61. The lowest BCUT2D eigenvalue weighted by Crippen LogP contribution is -2.28. The predicted molar refractivity (Wildman–Crippen MR) is 122 cm³/mol. The number of nitrogens with zero attached hydrogens (tertiary/aromatic N) is 2. The second-order valence-electron chi connectivity index (χ2n) is 6.98. The number of rotatable bonds is 6. The number of hydrogen-bond donors (Lipinski definition) is 1. The van der Waals surface area contributed by atoms with Gasteiger partial charge in [-0.15, -0.1) is 11.3 Å². The normalized spacial score (nSPS) is 14.5. The lowest BCUT2D eigenvalue weighted by Gasteiger charge is -2.18. The topological polar surface area (TPSA) is 88.6 Å². The maximum Gasteiger partial charge on any atom is 0.257 e. The molecule has 1 amide bonds. The average molecular weight is 478 g/mol. The fourth-order valence-electron chi connectivity index (χ4n) is 3.34. The number of carbonyl (C=O) groups is 1. The largest absolute Gasteiger partial charge is 0.495 e. The van der Waals surface area contributed by atoms with Gasteiger partial charge in [0.2, 0.25) is 10.0 Å². The lowest BCUT2D eigenvalue weighted by atomic mass is 10.2. The van der Waals surface area contributed by atoms with Crippen LogP contribution in [0, 0.1) is 0 Å². The van der Waals surface area contributed by atoms with Gasteiger partial charge in [0.25, 0.3) is 5.91 Å². The van der Waals surface area contributed by atoms with Gasteiger partial charge in [-0.3, -0.25) is 10.1 Å². The lowest BCUT2D eigenvalue weighted by molar-refractivity contribution is 0.102. The van der Waals surface area contributed by atoms with Crippen molar-refractivity contribution in [1.29, 1.82) is 0 Å². The van der Waals surface area contributed by atoms with Crippen molar-refractivity contribution in [3.05, 3.63) is 58.4 Å². The number of amides is 1. The van der Waals surface area contributed by atoms with Crippen molar-refractivity contribution < 1.29 is 17.9 Å². The number of ether oxygens (including phenoxy) is 1. The van der Waals surface area contributed by atoms with Crippen molar-refractivity contribution in [2.24, 2.45) is 0 Å². The smallest absolute Gasteiger partial charge is 0.257 e. The summed E-state index contributed by atoms with van der Waals surface area (Å²) in [7, 11) is -2.33. The molecule has 2 heterocycles. The van der Waals surface area contributed by atoms with Gasteiger partial charge in [0.05, 0.1) is 12.8 Å². The van der Waals surface area contributed by atoms with Crippen LogP contribution in [0.3, 0.4) is 0 Å². The number of nitrogens with one attached hydrogen (secondary N) is 1. The molecular formula is C21H20ClN3O4S2. The van der Waals surface area contributed by atoms with Crippen LogP contribution in [-0.2, 0) is 10.0 Å². The van der Waals surface area contributed by atoms with Gasteiger partial charge >= 0.3 is 0 Å². The highest BCUT2D eigenvalue weighted by Gasteiger charge is 2.30. The minimum Gasteiger partial charge on any atom is -0.495 e. The van der Waals surface area contributed by atoms with Crippen LogP contribution >= 0.6 is 22.9 Å². The Bertz CT molecular complexity index is 1200. The molecule has 1 fully saturated rings. The molecule has 0 radical (unpaired) electrons. The summed E-state index contributed by atoms with van der Waals surface area (Å²) >= 11 is 7.20. The number of aromatic nitrogens is 1. The van der Waals surface area contributed by atoms with E-state index >= 15 is 0 Å². The summed E-state index contributed by atoms with van der Waals surface area (Å²) < 4.78 is 32.7. The highest BCUT2D eigenvalue weighted by molar-refractivity contribution is 7.89. The first kappa shape index (κ1) is 21.8. The molecule has 1 saturated heterocycles. The van der Waals surface area contributed by atoms with E-state index in [4.69, 9.17) is 16.3 Å². The van der Waals surface area contributed by atoms with Crippen LogP contribution in [-0.4, -0.2) is 43.8 Å². The van der Waals surface area contributed by atoms with Crippen LogP contribution in [0.5, 0.6) is 5.75 Å². The van der Waals surface area contributed by atoms with Crippen molar-refractivity contribution in [2.75, 3.05) is 25.5 Å². The third kappa shape index (κ3) is 4.59. The molecule has 2 aromatic carbocycles. The second kappa shape index (κ2) is 8.96. The van der Waals surface area contributed by atoms with Crippen LogP contribution in [0.1, 0.15) is 23.2 Å². The van der Waals surface area contributed by atoms with Crippen molar-refractivity contribution in [1.82, 2.24) is 9.29 Å². The fraction of sp³-hybridized carbons (Fsp3) is 0.238. The summed E-state index contributed by atoms with van der Waals surface area (Å²) in [6, 6.07) is 11.6. The number of hydrogen-bond acceptors (Lipinski definition) is 6. The molecule has 0 aliphatic carbocycles. The fourth-order valence-corrected chi connectivity index (χ4v) is 5.88. The van der Waals surface area contributed by atoms with Gasteiger partial charge in [-0.25, -0.2) is 13.4 Å². The molecule has 10 heteroatoms. The minimum absolute atomic E-state index is 0.00876. The molecule has 0 spiro atoms. The Kier molecular flexibility index (Phi) is 6.29. The Labute approximate surface area is 189 Å². The zero-order valence-corrected chi connectivity index (χ0v) is 19.1. The molecule has 1 aliphatic heterocycles. The van der Waals surface area contributed by atoms with Crippen molar-refractivity contribution in [3.63, 3.8) is 0 Å². The summed E-state index contributed by atoms with van der Waals surface area (Å²) in [6.07, 6.45) is 1.64. The molecular weight excluding hydrogens is 458 g/mol. The van der Waals surface area contributed by atoms with E-state index in [1.165, 1.54) is 41.0 Å². The first-order valence-electron chi connectivity index (χ1n) is 9.59. The average Bonchev–Trinajstić information content (AvgIpc) is 3.46. The SMILES string of the molecule is COc1ccc(C(=O)Nc2nc(-c3ccc(Cl)cc3)cs2)cc1S(=O)(=O)N1CCCC1. The molecule has 1 aliphatic rings. The van der Waals surface area contributed by atoms with E-state index in [2.05, 4.69) is 10.3 Å². The second-order valence-corrected chi connectivity index (χ2v) is 10.2. The maximum absolute atomic E-state index is 13.0. The molecule has 0 saturated carbocycles. The number of anilines is 1.